The van der Waals surface area contributed by atoms with Crippen LogP contribution in [0.2, 0.25) is 0 Å². The number of aromatic nitrogens is 1. The molecule has 1 amide bonds. The molecule has 1 N–H and O–H groups in total. The summed E-state index contributed by atoms with van der Waals surface area (Å²) in [5.41, 5.74) is 0.726. The molecule has 1 heterocycles. The lowest BCUT2D eigenvalue weighted by Crippen LogP contribution is -2.10. The summed E-state index contributed by atoms with van der Waals surface area (Å²) < 4.78 is 14.0. The highest BCUT2D eigenvalue weighted by atomic mass is 32.1. The summed E-state index contributed by atoms with van der Waals surface area (Å²) in [7, 11) is 0. The number of nitrogens with zero attached hydrogens (tertiary/aromatic N) is 1. The Morgan fingerprint density at radius 3 is 1.97 bits per heavy atom. The molecule has 0 saturated carbocycles. The molecule has 1 aromatic carbocycles. The number of rotatable bonds is 17. The summed E-state index contributed by atoms with van der Waals surface area (Å²) >= 11 is 1.32. The van der Waals surface area contributed by atoms with Crippen LogP contribution in [0, 0.1) is 5.82 Å². The van der Waals surface area contributed by atoms with Crippen LogP contribution >= 0.6 is 11.3 Å². The zero-order chi connectivity index (χ0) is 21.4. The van der Waals surface area contributed by atoms with Crippen LogP contribution in [0.5, 0.6) is 0 Å². The van der Waals surface area contributed by atoms with Gasteiger partial charge in [0.2, 0.25) is 5.91 Å². The van der Waals surface area contributed by atoms with Gasteiger partial charge in [0.15, 0.2) is 5.13 Å². The number of benzene rings is 1. The molecule has 0 bridgehead atoms. The van der Waals surface area contributed by atoms with E-state index in [9.17, 15) is 9.18 Å². The minimum Gasteiger partial charge on any atom is -0.302 e. The highest BCUT2D eigenvalue weighted by Gasteiger charge is 2.08. The van der Waals surface area contributed by atoms with Gasteiger partial charge in [0, 0.05) is 6.42 Å². The van der Waals surface area contributed by atoms with Crippen molar-refractivity contribution in [3.8, 4) is 0 Å². The van der Waals surface area contributed by atoms with E-state index in [4.69, 9.17) is 0 Å². The Morgan fingerprint density at radius 2 is 1.40 bits per heavy atom. The number of halogens is 1. The van der Waals surface area contributed by atoms with Gasteiger partial charge in [0.1, 0.15) is 5.82 Å². The van der Waals surface area contributed by atoms with E-state index < -0.39 is 0 Å². The smallest absolute Gasteiger partial charge is 0.226 e. The van der Waals surface area contributed by atoms with Gasteiger partial charge in [-0.3, -0.25) is 4.79 Å². The summed E-state index contributed by atoms with van der Waals surface area (Å²) in [6, 6.07) is 4.49. The molecule has 2 aromatic rings. The maximum Gasteiger partial charge on any atom is 0.226 e. The molecule has 0 aliphatic carbocycles. The van der Waals surface area contributed by atoms with Crippen molar-refractivity contribution < 1.29 is 9.18 Å². The van der Waals surface area contributed by atoms with Crippen molar-refractivity contribution in [2.75, 3.05) is 5.32 Å². The minimum absolute atomic E-state index is 0.00391. The second-order valence-electron chi connectivity index (χ2n) is 8.38. The average Bonchev–Trinajstić information content (AvgIpc) is 3.12. The zero-order valence-corrected chi connectivity index (χ0v) is 19.5. The Labute approximate surface area is 185 Å². The maximum absolute atomic E-state index is 13.2. The van der Waals surface area contributed by atoms with Crippen molar-refractivity contribution in [3.05, 3.63) is 24.0 Å². The molecule has 0 spiro atoms. The molecule has 3 nitrogen and oxygen atoms in total. The Hall–Kier alpha value is -1.49. The number of carbonyl (C=O) groups is 1. The van der Waals surface area contributed by atoms with Crippen molar-refractivity contribution in [2.45, 2.75) is 110 Å². The lowest BCUT2D eigenvalue weighted by molar-refractivity contribution is -0.116. The first-order chi connectivity index (χ1) is 14.7. The number of amides is 1. The molecule has 30 heavy (non-hydrogen) atoms. The number of hydrogen-bond donors (Lipinski definition) is 1. The molecule has 0 radical (unpaired) electrons. The largest absolute Gasteiger partial charge is 0.302 e. The Bertz CT molecular complexity index is 731. The van der Waals surface area contributed by atoms with Gasteiger partial charge in [-0.05, 0) is 24.6 Å². The number of hydrogen-bond acceptors (Lipinski definition) is 3. The van der Waals surface area contributed by atoms with Crippen LogP contribution in [0.3, 0.4) is 0 Å². The van der Waals surface area contributed by atoms with E-state index in [1.807, 2.05) is 0 Å². The van der Waals surface area contributed by atoms with Crippen LogP contribution in [-0.4, -0.2) is 10.9 Å². The number of carbonyl (C=O) groups excluding carboxylic acids is 1. The molecular weight excluding hydrogens is 395 g/mol. The SMILES string of the molecule is CCCCCCCCCCCCCCCCCC(=O)Nc1nc2ccc(F)cc2s1. The van der Waals surface area contributed by atoms with Crippen LogP contribution in [0.1, 0.15) is 110 Å². The van der Waals surface area contributed by atoms with Gasteiger partial charge < -0.3 is 5.32 Å². The lowest BCUT2D eigenvalue weighted by atomic mass is 10.0. The molecule has 0 atom stereocenters. The van der Waals surface area contributed by atoms with E-state index in [0.29, 0.717) is 11.6 Å². The van der Waals surface area contributed by atoms with Gasteiger partial charge in [-0.2, -0.15) is 0 Å². The van der Waals surface area contributed by atoms with E-state index in [1.54, 1.807) is 6.07 Å². The summed E-state index contributed by atoms with van der Waals surface area (Å²) in [5.74, 6) is -0.272. The predicted octanol–water partition coefficient (Wildman–Crippen LogP) is 8.64. The van der Waals surface area contributed by atoms with E-state index in [1.165, 1.54) is 107 Å². The van der Waals surface area contributed by atoms with Crippen LogP contribution in [-0.2, 0) is 4.79 Å². The summed E-state index contributed by atoms with van der Waals surface area (Å²) in [4.78, 5) is 16.4. The van der Waals surface area contributed by atoms with Crippen LogP contribution in [0.25, 0.3) is 10.2 Å². The lowest BCUT2D eigenvalue weighted by Gasteiger charge is -2.04. The van der Waals surface area contributed by atoms with Crippen molar-refractivity contribution in [1.82, 2.24) is 4.98 Å². The fourth-order valence-electron chi connectivity index (χ4n) is 3.79. The topological polar surface area (TPSA) is 42.0 Å². The molecule has 0 aliphatic heterocycles. The predicted molar refractivity (Wildman–Crippen MR) is 128 cm³/mol. The van der Waals surface area contributed by atoms with E-state index >= 15 is 0 Å². The van der Waals surface area contributed by atoms with E-state index in [0.717, 1.165) is 23.1 Å². The van der Waals surface area contributed by atoms with Crippen molar-refractivity contribution in [3.63, 3.8) is 0 Å². The first kappa shape index (κ1) is 24.8. The maximum atomic E-state index is 13.2. The first-order valence-corrected chi connectivity index (χ1v) is 12.9. The third-order valence-corrected chi connectivity index (χ3v) is 6.54. The Kier molecular flexibility index (Phi) is 12.7. The number of unbranched alkanes of at least 4 members (excludes halogenated alkanes) is 14. The quantitative estimate of drug-likeness (QED) is 0.253. The van der Waals surface area contributed by atoms with Gasteiger partial charge >= 0.3 is 0 Å². The molecule has 0 aliphatic rings. The number of anilines is 1. The minimum atomic E-state index is -0.276. The normalized spacial score (nSPS) is 11.3. The number of thiazole rings is 1. The molecule has 5 heteroatoms. The molecule has 0 fully saturated rings. The number of nitrogens with one attached hydrogen (secondary N) is 1. The molecule has 1 aromatic heterocycles. The third kappa shape index (κ3) is 10.5. The van der Waals surface area contributed by atoms with Gasteiger partial charge in [-0.25, -0.2) is 9.37 Å². The van der Waals surface area contributed by atoms with Crippen molar-refractivity contribution in [2.24, 2.45) is 0 Å². The van der Waals surface area contributed by atoms with Crippen LogP contribution < -0.4 is 5.32 Å². The van der Waals surface area contributed by atoms with E-state index in [-0.39, 0.29) is 11.7 Å². The summed E-state index contributed by atoms with van der Waals surface area (Å²) in [6.07, 6.45) is 20.3. The zero-order valence-electron chi connectivity index (χ0n) is 18.7. The highest BCUT2D eigenvalue weighted by molar-refractivity contribution is 7.22. The second-order valence-corrected chi connectivity index (χ2v) is 9.41. The fourth-order valence-corrected chi connectivity index (χ4v) is 4.70. The highest BCUT2D eigenvalue weighted by Crippen LogP contribution is 2.26. The van der Waals surface area contributed by atoms with Gasteiger partial charge in [-0.15, -0.1) is 0 Å². The number of fused-ring (bicyclic) bond motifs is 1. The molecule has 0 saturated heterocycles. The first-order valence-electron chi connectivity index (χ1n) is 12.0. The summed E-state index contributed by atoms with van der Waals surface area (Å²) in [6.45, 7) is 2.27. The van der Waals surface area contributed by atoms with E-state index in [2.05, 4.69) is 17.2 Å². The summed E-state index contributed by atoms with van der Waals surface area (Å²) in [5, 5.41) is 3.40. The second kappa shape index (κ2) is 15.3. The average molecular weight is 435 g/mol. The Balaban J connectivity index is 1.39. The fraction of sp³-hybridized carbons (Fsp3) is 0.680. The molecule has 2 rings (SSSR count). The van der Waals surface area contributed by atoms with Gasteiger partial charge in [-0.1, -0.05) is 108 Å². The standard InChI is InChI=1S/C25H39FN2OS/c1-2-3-4-5-6-7-8-9-10-11-12-13-14-15-16-17-24(29)28-25-27-22-19-18-21(26)20-23(22)30-25/h18-20H,2-17H2,1H3,(H,27,28,29). The van der Waals surface area contributed by atoms with Gasteiger partial charge in [0.25, 0.3) is 0 Å². The molecular formula is C25H39FN2OS. The van der Waals surface area contributed by atoms with Crippen LogP contribution in [0.4, 0.5) is 9.52 Å². The molecule has 0 unspecified atom stereocenters. The third-order valence-electron chi connectivity index (χ3n) is 5.60. The van der Waals surface area contributed by atoms with Crippen molar-refractivity contribution >= 4 is 32.6 Å². The monoisotopic (exact) mass is 434 g/mol. The van der Waals surface area contributed by atoms with Gasteiger partial charge in [0.05, 0.1) is 10.2 Å². The van der Waals surface area contributed by atoms with Crippen LogP contribution in [0.15, 0.2) is 18.2 Å². The van der Waals surface area contributed by atoms with Crippen molar-refractivity contribution in [1.29, 1.82) is 0 Å². The Morgan fingerprint density at radius 1 is 0.867 bits per heavy atom. The molecule has 168 valence electrons.